The third-order valence-corrected chi connectivity index (χ3v) is 5.30. The van der Waals surface area contributed by atoms with Crippen molar-refractivity contribution in [2.45, 2.75) is 30.8 Å². The van der Waals surface area contributed by atoms with Crippen LogP contribution in [0.2, 0.25) is 0 Å². The van der Waals surface area contributed by atoms with E-state index in [-0.39, 0.29) is 28.7 Å². The van der Waals surface area contributed by atoms with Crippen molar-refractivity contribution >= 4 is 15.7 Å². The fourth-order valence-electron chi connectivity index (χ4n) is 2.38. The number of piperidine rings is 1. The monoisotopic (exact) mass is 297 g/mol. The Balaban J connectivity index is 2.35. The Hall–Kier alpha value is -1.40. The molecule has 0 spiro atoms. The molecule has 1 N–H and O–H groups in total. The number of likely N-dealkylation sites (tertiary alicyclic amines) is 1. The predicted octanol–water partition coefficient (Wildman–Crippen LogP) is 1.08. The van der Waals surface area contributed by atoms with E-state index in [1.165, 1.54) is 17.0 Å². The summed E-state index contributed by atoms with van der Waals surface area (Å²) in [7, 11) is -3.44. The molecule has 0 saturated carbocycles. The molecule has 0 bridgehead atoms. The third-order valence-electron chi connectivity index (χ3n) is 3.52. The van der Waals surface area contributed by atoms with Crippen LogP contribution in [-0.4, -0.2) is 49.3 Å². The Morgan fingerprint density at radius 3 is 2.75 bits per heavy atom. The van der Waals surface area contributed by atoms with Gasteiger partial charge >= 0.3 is 0 Å². The molecule has 1 aromatic rings. The van der Waals surface area contributed by atoms with Crippen LogP contribution in [0.15, 0.2) is 29.2 Å². The lowest BCUT2D eigenvalue weighted by Gasteiger charge is -2.30. The van der Waals surface area contributed by atoms with Crippen molar-refractivity contribution in [3.05, 3.63) is 29.8 Å². The molecule has 0 aromatic heterocycles. The van der Waals surface area contributed by atoms with Gasteiger partial charge in [-0.15, -0.1) is 0 Å². The van der Waals surface area contributed by atoms with E-state index >= 15 is 0 Å². The Kier molecular flexibility index (Phi) is 4.45. The lowest BCUT2D eigenvalue weighted by Crippen LogP contribution is -2.42. The van der Waals surface area contributed by atoms with Gasteiger partial charge in [-0.05, 0) is 25.0 Å². The van der Waals surface area contributed by atoms with E-state index < -0.39 is 15.9 Å². The van der Waals surface area contributed by atoms with Gasteiger partial charge in [0, 0.05) is 13.1 Å². The van der Waals surface area contributed by atoms with Crippen LogP contribution in [0.3, 0.4) is 0 Å². The van der Waals surface area contributed by atoms with Gasteiger partial charge in [0.2, 0.25) is 0 Å². The number of nitrogens with zero attached hydrogens (tertiary/aromatic N) is 1. The van der Waals surface area contributed by atoms with E-state index in [4.69, 9.17) is 0 Å². The number of hydrogen-bond donors (Lipinski definition) is 1. The van der Waals surface area contributed by atoms with Gasteiger partial charge in [0.05, 0.1) is 22.3 Å². The average molecular weight is 297 g/mol. The normalized spacial score (nSPS) is 19.9. The number of carbonyl (C=O) groups excluding carboxylic acids is 1. The number of carbonyl (C=O) groups is 1. The summed E-state index contributed by atoms with van der Waals surface area (Å²) in [6, 6.07) is 6.27. The summed E-state index contributed by atoms with van der Waals surface area (Å²) in [6.07, 6.45) is 0.886. The maximum absolute atomic E-state index is 12.5. The fraction of sp³-hybridized carbons (Fsp3) is 0.500. The second-order valence-electron chi connectivity index (χ2n) is 4.95. The molecule has 6 heteroatoms. The summed E-state index contributed by atoms with van der Waals surface area (Å²) in [4.78, 5) is 14.1. The molecule has 1 amide bonds. The van der Waals surface area contributed by atoms with E-state index in [1.54, 1.807) is 19.1 Å². The van der Waals surface area contributed by atoms with Crippen LogP contribution in [0.25, 0.3) is 0 Å². The van der Waals surface area contributed by atoms with E-state index in [2.05, 4.69) is 0 Å². The van der Waals surface area contributed by atoms with E-state index in [0.29, 0.717) is 13.0 Å². The topological polar surface area (TPSA) is 74.7 Å². The second kappa shape index (κ2) is 5.93. The number of aliphatic hydroxyl groups excluding tert-OH is 1. The molecular weight excluding hydrogens is 278 g/mol. The first kappa shape index (κ1) is 15.0. The number of amides is 1. The van der Waals surface area contributed by atoms with Gasteiger partial charge in [-0.2, -0.15) is 0 Å². The molecular formula is C14H19NO4S. The smallest absolute Gasteiger partial charge is 0.255 e. The minimum absolute atomic E-state index is 0.0417. The van der Waals surface area contributed by atoms with Gasteiger partial charge in [-0.1, -0.05) is 19.1 Å². The van der Waals surface area contributed by atoms with E-state index in [9.17, 15) is 18.3 Å². The van der Waals surface area contributed by atoms with Crippen molar-refractivity contribution in [3.8, 4) is 0 Å². The number of rotatable bonds is 3. The molecule has 1 aromatic carbocycles. The van der Waals surface area contributed by atoms with Crippen LogP contribution in [0.4, 0.5) is 0 Å². The molecule has 20 heavy (non-hydrogen) atoms. The molecule has 5 nitrogen and oxygen atoms in total. The first-order chi connectivity index (χ1) is 9.45. The molecule has 1 atom stereocenters. The van der Waals surface area contributed by atoms with Gasteiger partial charge in [0.25, 0.3) is 5.91 Å². The third kappa shape index (κ3) is 3.02. The molecule has 1 unspecified atom stereocenters. The Morgan fingerprint density at radius 1 is 1.40 bits per heavy atom. The van der Waals surface area contributed by atoms with Crippen LogP contribution in [0.1, 0.15) is 30.1 Å². The molecule has 0 aliphatic carbocycles. The molecule has 1 saturated heterocycles. The number of sulfone groups is 1. The van der Waals surface area contributed by atoms with Crippen molar-refractivity contribution in [3.63, 3.8) is 0 Å². The molecule has 1 heterocycles. The van der Waals surface area contributed by atoms with Crippen molar-refractivity contribution < 1.29 is 18.3 Å². The SMILES string of the molecule is CCS(=O)(=O)c1ccccc1C(=O)N1CCCC(O)C1. The Bertz CT molecular complexity index is 597. The highest BCUT2D eigenvalue weighted by molar-refractivity contribution is 7.91. The molecule has 1 aliphatic heterocycles. The van der Waals surface area contributed by atoms with Crippen molar-refractivity contribution in [2.75, 3.05) is 18.8 Å². The molecule has 0 radical (unpaired) electrons. The molecule has 1 aliphatic rings. The zero-order valence-corrected chi connectivity index (χ0v) is 12.3. The predicted molar refractivity (Wildman–Crippen MR) is 75.3 cm³/mol. The van der Waals surface area contributed by atoms with Crippen molar-refractivity contribution in [1.29, 1.82) is 0 Å². The number of β-amino-alcohol motifs (C(OH)–C–C–N with tert-alkyl or cyclic N) is 1. The first-order valence-electron chi connectivity index (χ1n) is 6.75. The summed E-state index contributed by atoms with van der Waals surface area (Å²) in [5, 5.41) is 9.64. The number of benzene rings is 1. The molecule has 2 rings (SSSR count). The van der Waals surface area contributed by atoms with Crippen LogP contribution in [0.5, 0.6) is 0 Å². The summed E-state index contributed by atoms with van der Waals surface area (Å²) >= 11 is 0. The van der Waals surface area contributed by atoms with E-state index in [0.717, 1.165) is 6.42 Å². The second-order valence-corrected chi connectivity index (χ2v) is 7.19. The van der Waals surface area contributed by atoms with Crippen LogP contribution in [0, 0.1) is 0 Å². The lowest BCUT2D eigenvalue weighted by molar-refractivity contribution is 0.0470. The van der Waals surface area contributed by atoms with Crippen molar-refractivity contribution in [1.82, 2.24) is 4.90 Å². The van der Waals surface area contributed by atoms with Gasteiger partial charge < -0.3 is 10.0 Å². The highest BCUT2D eigenvalue weighted by Gasteiger charge is 2.27. The Morgan fingerprint density at radius 2 is 2.10 bits per heavy atom. The number of hydrogen-bond acceptors (Lipinski definition) is 4. The minimum atomic E-state index is -3.44. The standard InChI is InChI=1S/C14H19NO4S/c1-2-20(18,19)13-8-4-3-7-12(13)14(17)15-9-5-6-11(16)10-15/h3-4,7-8,11,16H,2,5-6,9-10H2,1H3. The summed E-state index contributed by atoms with van der Waals surface area (Å²) < 4.78 is 24.1. The summed E-state index contributed by atoms with van der Waals surface area (Å²) in [5.41, 5.74) is 0.198. The summed E-state index contributed by atoms with van der Waals surface area (Å²) in [6.45, 7) is 2.37. The highest BCUT2D eigenvalue weighted by Crippen LogP contribution is 2.21. The quantitative estimate of drug-likeness (QED) is 0.906. The van der Waals surface area contributed by atoms with Crippen molar-refractivity contribution in [2.24, 2.45) is 0 Å². The highest BCUT2D eigenvalue weighted by atomic mass is 32.2. The van der Waals surface area contributed by atoms with E-state index in [1.807, 2.05) is 0 Å². The van der Waals surface area contributed by atoms with Gasteiger partial charge in [0.1, 0.15) is 0 Å². The number of aliphatic hydroxyl groups is 1. The Labute approximate surface area is 119 Å². The molecule has 1 fully saturated rings. The zero-order valence-electron chi connectivity index (χ0n) is 11.4. The van der Waals surface area contributed by atoms with Crippen LogP contribution >= 0.6 is 0 Å². The fourth-order valence-corrected chi connectivity index (χ4v) is 3.47. The lowest BCUT2D eigenvalue weighted by atomic mass is 10.1. The maximum atomic E-state index is 12.5. The maximum Gasteiger partial charge on any atom is 0.255 e. The minimum Gasteiger partial charge on any atom is -0.391 e. The molecule has 110 valence electrons. The van der Waals surface area contributed by atoms with Crippen LogP contribution < -0.4 is 0 Å². The van der Waals surface area contributed by atoms with Gasteiger partial charge in [0.15, 0.2) is 9.84 Å². The zero-order chi connectivity index (χ0) is 14.8. The van der Waals surface area contributed by atoms with Gasteiger partial charge in [-0.25, -0.2) is 8.42 Å². The largest absolute Gasteiger partial charge is 0.391 e. The average Bonchev–Trinajstić information content (AvgIpc) is 2.46. The van der Waals surface area contributed by atoms with Gasteiger partial charge in [-0.3, -0.25) is 4.79 Å². The first-order valence-corrected chi connectivity index (χ1v) is 8.40. The summed E-state index contributed by atoms with van der Waals surface area (Å²) in [5.74, 6) is -0.365. The van der Waals surface area contributed by atoms with Crippen LogP contribution in [-0.2, 0) is 9.84 Å².